The van der Waals surface area contributed by atoms with E-state index in [1.54, 1.807) is 36.4 Å². The molecule has 0 aliphatic carbocycles. The Morgan fingerprint density at radius 3 is 2.67 bits per heavy atom. The van der Waals surface area contributed by atoms with Crippen LogP contribution in [-0.4, -0.2) is 17.6 Å². The van der Waals surface area contributed by atoms with Crippen molar-refractivity contribution in [3.63, 3.8) is 0 Å². The maximum atomic E-state index is 12.1. The van der Waals surface area contributed by atoms with Gasteiger partial charge in [0.2, 0.25) is 0 Å². The molecule has 0 saturated heterocycles. The van der Waals surface area contributed by atoms with E-state index in [2.05, 4.69) is 17.2 Å². The standard InChI is InChI=1S/C17H14ClNO2/c18-15-9-7-14(8-10-15)17(21)19-16-6-3-5-13(12-16)4-1-2-11-20/h3,5-10,12,20H,2,11H2,(H,19,21). The average molecular weight is 300 g/mol. The maximum absolute atomic E-state index is 12.1. The van der Waals surface area contributed by atoms with E-state index in [1.165, 1.54) is 0 Å². The van der Waals surface area contributed by atoms with Crippen LogP contribution in [0.4, 0.5) is 5.69 Å². The second kappa shape index (κ2) is 7.49. The molecule has 2 aromatic carbocycles. The number of carbonyl (C=O) groups excluding carboxylic acids is 1. The first-order chi connectivity index (χ1) is 10.2. The van der Waals surface area contributed by atoms with Gasteiger partial charge in [-0.05, 0) is 42.5 Å². The van der Waals surface area contributed by atoms with E-state index in [4.69, 9.17) is 16.7 Å². The smallest absolute Gasteiger partial charge is 0.255 e. The van der Waals surface area contributed by atoms with Gasteiger partial charge in [-0.1, -0.05) is 29.5 Å². The van der Waals surface area contributed by atoms with Crippen molar-refractivity contribution in [2.75, 3.05) is 11.9 Å². The van der Waals surface area contributed by atoms with E-state index in [9.17, 15) is 4.79 Å². The van der Waals surface area contributed by atoms with E-state index < -0.39 is 0 Å². The summed E-state index contributed by atoms with van der Waals surface area (Å²) in [5, 5.41) is 12.1. The second-order valence-corrected chi connectivity index (χ2v) is 4.75. The molecule has 4 heteroatoms. The highest BCUT2D eigenvalue weighted by atomic mass is 35.5. The zero-order valence-electron chi connectivity index (χ0n) is 11.3. The quantitative estimate of drug-likeness (QED) is 0.854. The van der Waals surface area contributed by atoms with Crippen LogP contribution in [0.1, 0.15) is 22.3 Å². The van der Waals surface area contributed by atoms with Crippen molar-refractivity contribution in [3.05, 3.63) is 64.7 Å². The molecule has 0 heterocycles. The molecule has 0 aliphatic rings. The van der Waals surface area contributed by atoms with Crippen LogP contribution in [0.25, 0.3) is 0 Å². The predicted molar refractivity (Wildman–Crippen MR) is 84.4 cm³/mol. The molecule has 1 amide bonds. The summed E-state index contributed by atoms with van der Waals surface area (Å²) in [4.78, 5) is 12.1. The van der Waals surface area contributed by atoms with Crippen LogP contribution in [-0.2, 0) is 0 Å². The Kier molecular flexibility index (Phi) is 5.39. The Labute approximate surface area is 128 Å². The molecule has 0 radical (unpaired) electrons. The lowest BCUT2D eigenvalue weighted by molar-refractivity contribution is 0.102. The minimum atomic E-state index is -0.202. The maximum Gasteiger partial charge on any atom is 0.255 e. The number of aliphatic hydroxyl groups is 1. The van der Waals surface area contributed by atoms with E-state index >= 15 is 0 Å². The molecule has 3 nitrogen and oxygen atoms in total. The number of anilines is 1. The topological polar surface area (TPSA) is 49.3 Å². The van der Waals surface area contributed by atoms with Crippen molar-refractivity contribution >= 4 is 23.2 Å². The number of nitrogens with one attached hydrogen (secondary N) is 1. The Balaban J connectivity index is 2.09. The fourth-order valence-corrected chi connectivity index (χ4v) is 1.83. The van der Waals surface area contributed by atoms with E-state index in [-0.39, 0.29) is 12.5 Å². The number of aliphatic hydroxyl groups excluding tert-OH is 1. The van der Waals surface area contributed by atoms with Gasteiger partial charge in [-0.2, -0.15) is 0 Å². The van der Waals surface area contributed by atoms with Crippen LogP contribution < -0.4 is 5.32 Å². The van der Waals surface area contributed by atoms with Crippen LogP contribution in [0, 0.1) is 11.8 Å². The van der Waals surface area contributed by atoms with Crippen LogP contribution >= 0.6 is 11.6 Å². The molecular formula is C17H14ClNO2. The first kappa shape index (κ1) is 15.1. The molecule has 0 unspecified atom stereocenters. The van der Waals surface area contributed by atoms with Gasteiger partial charge in [-0.15, -0.1) is 0 Å². The fourth-order valence-electron chi connectivity index (χ4n) is 1.70. The lowest BCUT2D eigenvalue weighted by Gasteiger charge is -2.05. The molecule has 0 spiro atoms. The normalized spacial score (nSPS) is 9.62. The highest BCUT2D eigenvalue weighted by Crippen LogP contribution is 2.14. The number of carbonyl (C=O) groups is 1. The Morgan fingerprint density at radius 1 is 1.19 bits per heavy atom. The molecule has 0 saturated carbocycles. The summed E-state index contributed by atoms with van der Waals surface area (Å²) >= 11 is 5.79. The lowest BCUT2D eigenvalue weighted by atomic mass is 10.1. The summed E-state index contributed by atoms with van der Waals surface area (Å²) < 4.78 is 0. The third-order valence-electron chi connectivity index (χ3n) is 2.70. The first-order valence-corrected chi connectivity index (χ1v) is 6.83. The third kappa shape index (κ3) is 4.64. The van der Waals surface area contributed by atoms with Gasteiger partial charge in [0.25, 0.3) is 5.91 Å². The molecular weight excluding hydrogens is 286 g/mol. The molecule has 0 atom stereocenters. The molecule has 0 fully saturated rings. The zero-order chi connectivity index (χ0) is 15.1. The van der Waals surface area contributed by atoms with Crippen molar-refractivity contribution < 1.29 is 9.90 Å². The number of rotatable bonds is 3. The van der Waals surface area contributed by atoms with Gasteiger partial charge >= 0.3 is 0 Å². The minimum absolute atomic E-state index is 0.0417. The van der Waals surface area contributed by atoms with Gasteiger partial charge in [0.15, 0.2) is 0 Å². The minimum Gasteiger partial charge on any atom is -0.395 e. The predicted octanol–water partition coefficient (Wildman–Crippen LogP) is 3.33. The van der Waals surface area contributed by atoms with Crippen molar-refractivity contribution in [2.24, 2.45) is 0 Å². The van der Waals surface area contributed by atoms with Gasteiger partial charge in [0.1, 0.15) is 0 Å². The van der Waals surface area contributed by atoms with Gasteiger partial charge in [-0.3, -0.25) is 4.79 Å². The average Bonchev–Trinajstić information content (AvgIpc) is 2.48. The van der Waals surface area contributed by atoms with Gasteiger partial charge in [-0.25, -0.2) is 0 Å². The highest BCUT2D eigenvalue weighted by molar-refractivity contribution is 6.30. The van der Waals surface area contributed by atoms with Crippen LogP contribution in [0.3, 0.4) is 0 Å². The summed E-state index contributed by atoms with van der Waals surface area (Å²) in [5.74, 6) is 5.57. The number of hydrogen-bond acceptors (Lipinski definition) is 2. The summed E-state index contributed by atoms with van der Waals surface area (Å²) in [6.45, 7) is 0.0417. The van der Waals surface area contributed by atoms with Crippen molar-refractivity contribution in [2.45, 2.75) is 6.42 Å². The molecule has 2 rings (SSSR count). The third-order valence-corrected chi connectivity index (χ3v) is 2.95. The number of halogens is 1. The number of hydrogen-bond donors (Lipinski definition) is 2. The van der Waals surface area contributed by atoms with Crippen molar-refractivity contribution in [1.82, 2.24) is 0 Å². The fraction of sp³-hybridized carbons (Fsp3) is 0.118. The summed E-state index contributed by atoms with van der Waals surface area (Å²) in [7, 11) is 0. The van der Waals surface area contributed by atoms with Crippen LogP contribution in [0.15, 0.2) is 48.5 Å². The first-order valence-electron chi connectivity index (χ1n) is 6.46. The molecule has 106 valence electrons. The second-order valence-electron chi connectivity index (χ2n) is 4.32. The van der Waals surface area contributed by atoms with E-state index in [0.29, 0.717) is 22.7 Å². The highest BCUT2D eigenvalue weighted by Gasteiger charge is 2.05. The van der Waals surface area contributed by atoms with Crippen molar-refractivity contribution in [1.29, 1.82) is 0 Å². The molecule has 0 bridgehead atoms. The molecule has 21 heavy (non-hydrogen) atoms. The summed E-state index contributed by atoms with van der Waals surface area (Å²) in [5.41, 5.74) is 2.00. The molecule has 2 aromatic rings. The number of benzene rings is 2. The van der Waals surface area contributed by atoms with Gasteiger partial charge in [0.05, 0.1) is 6.61 Å². The largest absolute Gasteiger partial charge is 0.395 e. The van der Waals surface area contributed by atoms with Crippen LogP contribution in [0.2, 0.25) is 5.02 Å². The molecule has 0 aliphatic heterocycles. The van der Waals surface area contributed by atoms with E-state index in [0.717, 1.165) is 5.56 Å². The van der Waals surface area contributed by atoms with E-state index in [1.807, 2.05) is 12.1 Å². The van der Waals surface area contributed by atoms with Gasteiger partial charge in [0, 0.05) is 28.3 Å². The Hall–Kier alpha value is -2.28. The Bertz CT molecular complexity index is 684. The zero-order valence-corrected chi connectivity index (χ0v) is 12.0. The van der Waals surface area contributed by atoms with Gasteiger partial charge < -0.3 is 10.4 Å². The lowest BCUT2D eigenvalue weighted by Crippen LogP contribution is -2.11. The number of amides is 1. The molecule has 2 N–H and O–H groups in total. The van der Waals surface area contributed by atoms with Crippen molar-refractivity contribution in [3.8, 4) is 11.8 Å². The van der Waals surface area contributed by atoms with Crippen LogP contribution in [0.5, 0.6) is 0 Å². The molecule has 0 aromatic heterocycles. The SMILES string of the molecule is O=C(Nc1cccc(C#CCCO)c1)c1ccc(Cl)cc1. The summed E-state index contributed by atoms with van der Waals surface area (Å²) in [6, 6.07) is 13.9. The summed E-state index contributed by atoms with van der Waals surface area (Å²) in [6.07, 6.45) is 0.432. The Morgan fingerprint density at radius 2 is 1.95 bits per heavy atom. The monoisotopic (exact) mass is 299 g/mol.